The summed E-state index contributed by atoms with van der Waals surface area (Å²) >= 11 is 3.31. The highest BCUT2D eigenvalue weighted by Crippen LogP contribution is 2.44. The van der Waals surface area contributed by atoms with Crippen LogP contribution in [-0.4, -0.2) is 19.1 Å². The number of hydrogen-bond donors (Lipinski definition) is 1. The lowest BCUT2D eigenvalue weighted by molar-refractivity contribution is 0.274. The Morgan fingerprint density at radius 3 is 2.68 bits per heavy atom. The van der Waals surface area contributed by atoms with E-state index in [2.05, 4.69) is 33.2 Å². The Morgan fingerprint density at radius 1 is 1.21 bits per heavy atom. The minimum Gasteiger partial charge on any atom is -0.383 e. The monoisotopic (exact) mass is 326 g/mol. The van der Waals surface area contributed by atoms with Gasteiger partial charge in [-0.3, -0.25) is 0 Å². The molecule has 1 fully saturated rings. The van der Waals surface area contributed by atoms with Crippen LogP contribution in [0.1, 0.15) is 38.5 Å². The maximum absolute atomic E-state index is 13.7. The van der Waals surface area contributed by atoms with Crippen LogP contribution in [0.3, 0.4) is 0 Å². The van der Waals surface area contributed by atoms with Gasteiger partial charge in [0.2, 0.25) is 0 Å². The lowest BCUT2D eigenvalue weighted by atomic mass is 9.78. The second-order valence-corrected chi connectivity index (χ2v) is 6.66. The third-order valence-corrected chi connectivity index (χ3v) is 5.41. The van der Waals surface area contributed by atoms with Gasteiger partial charge in [0.25, 0.3) is 0 Å². The van der Waals surface area contributed by atoms with E-state index in [1.807, 2.05) is 6.07 Å². The second kappa shape index (κ2) is 4.97. The molecule has 0 radical (unpaired) electrons. The molecule has 2 aliphatic rings. The molecule has 1 aliphatic carbocycles. The molecule has 0 aromatic heterocycles. The van der Waals surface area contributed by atoms with Crippen molar-refractivity contribution in [1.82, 2.24) is 0 Å². The highest BCUT2D eigenvalue weighted by Gasteiger charge is 2.38. The molecule has 3 rings (SSSR count). The summed E-state index contributed by atoms with van der Waals surface area (Å²) in [4.78, 5) is 2.39. The lowest BCUT2D eigenvalue weighted by Gasteiger charge is -2.45. The van der Waals surface area contributed by atoms with E-state index in [1.165, 1.54) is 32.1 Å². The fraction of sp³-hybridized carbons (Fsp3) is 0.600. The Hall–Kier alpha value is -0.770. The Balaban J connectivity index is 2.03. The number of benzene rings is 1. The maximum atomic E-state index is 13.7. The van der Waals surface area contributed by atoms with Crippen LogP contribution < -0.4 is 10.2 Å². The summed E-state index contributed by atoms with van der Waals surface area (Å²) in [6.45, 7) is 0.929. The fourth-order valence-corrected chi connectivity index (χ4v) is 3.94. The van der Waals surface area contributed by atoms with Gasteiger partial charge in [0, 0.05) is 25.2 Å². The largest absolute Gasteiger partial charge is 0.383 e. The first kappa shape index (κ1) is 13.2. The summed E-state index contributed by atoms with van der Waals surface area (Å²) in [6, 6.07) is 3.52. The van der Waals surface area contributed by atoms with Crippen molar-refractivity contribution in [2.75, 3.05) is 23.8 Å². The van der Waals surface area contributed by atoms with E-state index in [0.717, 1.165) is 24.3 Å². The second-order valence-electron chi connectivity index (χ2n) is 5.80. The third-order valence-electron chi connectivity index (χ3n) is 4.80. The molecule has 0 atom stereocenters. The normalized spacial score (nSPS) is 21.7. The molecule has 19 heavy (non-hydrogen) atoms. The Morgan fingerprint density at radius 2 is 1.95 bits per heavy atom. The first-order valence-electron chi connectivity index (χ1n) is 7.09. The van der Waals surface area contributed by atoms with Crippen molar-refractivity contribution < 1.29 is 4.39 Å². The number of hydrogen-bond acceptors (Lipinski definition) is 2. The zero-order chi connectivity index (χ0) is 13.5. The van der Waals surface area contributed by atoms with Crippen LogP contribution in [0.5, 0.6) is 0 Å². The summed E-state index contributed by atoms with van der Waals surface area (Å²) in [5, 5.41) is 3.39. The maximum Gasteiger partial charge on any atom is 0.139 e. The summed E-state index contributed by atoms with van der Waals surface area (Å²) in [6.07, 6.45) is 7.60. The summed E-state index contributed by atoms with van der Waals surface area (Å²) < 4.78 is 14.2. The van der Waals surface area contributed by atoms with Gasteiger partial charge in [-0.1, -0.05) is 19.3 Å². The van der Waals surface area contributed by atoms with Gasteiger partial charge < -0.3 is 10.2 Å². The molecule has 0 unspecified atom stereocenters. The van der Waals surface area contributed by atoms with Crippen molar-refractivity contribution in [3.63, 3.8) is 0 Å². The van der Waals surface area contributed by atoms with Crippen molar-refractivity contribution in [2.45, 2.75) is 44.1 Å². The highest BCUT2D eigenvalue weighted by atomic mass is 79.9. The number of fused-ring (bicyclic) bond motifs is 1. The van der Waals surface area contributed by atoms with Gasteiger partial charge in [-0.05, 0) is 41.3 Å². The lowest BCUT2D eigenvalue weighted by Crippen LogP contribution is -2.48. The molecule has 1 aromatic rings. The molecule has 1 heterocycles. The van der Waals surface area contributed by atoms with Crippen LogP contribution in [0.2, 0.25) is 0 Å². The van der Waals surface area contributed by atoms with Crippen molar-refractivity contribution in [3.05, 3.63) is 22.4 Å². The molecule has 1 aromatic carbocycles. The number of nitrogens with zero attached hydrogens (tertiary/aromatic N) is 1. The SMILES string of the molecule is CN1c2cc(Br)c(F)cc2NCCC12CCCCC2. The topological polar surface area (TPSA) is 15.3 Å². The van der Waals surface area contributed by atoms with Gasteiger partial charge in [0.15, 0.2) is 0 Å². The van der Waals surface area contributed by atoms with Crippen LogP contribution in [0, 0.1) is 5.82 Å². The minimum absolute atomic E-state index is 0.195. The zero-order valence-corrected chi connectivity index (χ0v) is 12.9. The standard InChI is InChI=1S/C15H20BrFN2/c1-19-14-9-11(16)12(17)10-13(14)18-8-7-15(19)5-3-2-4-6-15/h9-10,18H,2-8H2,1H3. The highest BCUT2D eigenvalue weighted by molar-refractivity contribution is 9.10. The average molecular weight is 327 g/mol. The van der Waals surface area contributed by atoms with E-state index in [-0.39, 0.29) is 11.4 Å². The van der Waals surface area contributed by atoms with Crippen molar-refractivity contribution in [2.24, 2.45) is 0 Å². The first-order valence-corrected chi connectivity index (χ1v) is 7.88. The van der Waals surface area contributed by atoms with E-state index in [1.54, 1.807) is 6.07 Å². The fourth-order valence-electron chi connectivity index (χ4n) is 3.60. The zero-order valence-electron chi connectivity index (χ0n) is 11.3. The van der Waals surface area contributed by atoms with Crippen molar-refractivity contribution in [1.29, 1.82) is 0 Å². The Kier molecular flexibility index (Phi) is 3.46. The van der Waals surface area contributed by atoms with E-state index in [0.29, 0.717) is 4.47 Å². The summed E-state index contributed by atoms with van der Waals surface area (Å²) in [7, 11) is 2.17. The summed E-state index contributed by atoms with van der Waals surface area (Å²) in [5.41, 5.74) is 2.30. The minimum atomic E-state index is -0.195. The number of anilines is 2. The number of halogens is 2. The Bertz CT molecular complexity index is 483. The predicted molar refractivity (Wildman–Crippen MR) is 81.4 cm³/mol. The molecular weight excluding hydrogens is 307 g/mol. The van der Waals surface area contributed by atoms with Crippen LogP contribution in [-0.2, 0) is 0 Å². The van der Waals surface area contributed by atoms with Crippen LogP contribution in [0.15, 0.2) is 16.6 Å². The molecule has 2 nitrogen and oxygen atoms in total. The van der Waals surface area contributed by atoms with Crippen molar-refractivity contribution in [3.8, 4) is 0 Å². The summed E-state index contributed by atoms with van der Waals surface area (Å²) in [5.74, 6) is -0.195. The van der Waals surface area contributed by atoms with E-state index in [9.17, 15) is 4.39 Å². The number of rotatable bonds is 0. The van der Waals surface area contributed by atoms with Crippen molar-refractivity contribution >= 4 is 27.3 Å². The molecule has 1 saturated carbocycles. The van der Waals surface area contributed by atoms with Gasteiger partial charge in [0.05, 0.1) is 15.8 Å². The van der Waals surface area contributed by atoms with E-state index in [4.69, 9.17) is 0 Å². The van der Waals surface area contributed by atoms with Crippen LogP contribution >= 0.6 is 15.9 Å². The quantitative estimate of drug-likeness (QED) is 0.752. The van der Waals surface area contributed by atoms with Crippen LogP contribution in [0.4, 0.5) is 15.8 Å². The molecule has 0 saturated heterocycles. The average Bonchev–Trinajstić information content (AvgIpc) is 2.53. The van der Waals surface area contributed by atoms with E-state index < -0.39 is 0 Å². The van der Waals surface area contributed by atoms with Gasteiger partial charge >= 0.3 is 0 Å². The molecule has 1 spiro atoms. The smallest absolute Gasteiger partial charge is 0.139 e. The van der Waals surface area contributed by atoms with Gasteiger partial charge in [-0.15, -0.1) is 0 Å². The molecule has 1 aliphatic heterocycles. The van der Waals surface area contributed by atoms with E-state index >= 15 is 0 Å². The third kappa shape index (κ3) is 2.24. The first-order chi connectivity index (χ1) is 9.12. The molecular formula is C15H20BrFN2. The number of nitrogens with one attached hydrogen (secondary N) is 1. The Labute approximate surface area is 122 Å². The molecule has 1 N–H and O–H groups in total. The molecule has 4 heteroatoms. The predicted octanol–water partition coefficient (Wildman–Crippen LogP) is 4.54. The van der Waals surface area contributed by atoms with Crippen LogP contribution in [0.25, 0.3) is 0 Å². The molecule has 0 bridgehead atoms. The molecule has 0 amide bonds. The van der Waals surface area contributed by atoms with Gasteiger partial charge in [-0.25, -0.2) is 4.39 Å². The molecule has 104 valence electrons. The van der Waals surface area contributed by atoms with Gasteiger partial charge in [0.1, 0.15) is 5.82 Å². The van der Waals surface area contributed by atoms with Gasteiger partial charge in [-0.2, -0.15) is 0 Å².